The van der Waals surface area contributed by atoms with Crippen molar-refractivity contribution in [2.24, 2.45) is 5.92 Å². The molecule has 0 bridgehead atoms. The van der Waals surface area contributed by atoms with Crippen molar-refractivity contribution in [2.75, 3.05) is 13.2 Å². The molecule has 7 atom stereocenters. The van der Waals surface area contributed by atoms with E-state index in [4.69, 9.17) is 14.6 Å². The minimum absolute atomic E-state index is 0.156. The zero-order valence-electron chi connectivity index (χ0n) is 13.8. The van der Waals surface area contributed by atoms with E-state index in [0.29, 0.717) is 13.0 Å². The van der Waals surface area contributed by atoms with Crippen LogP contribution in [-0.2, 0) is 9.47 Å². The van der Waals surface area contributed by atoms with Crippen LogP contribution < -0.4 is 0 Å². The lowest BCUT2D eigenvalue weighted by Gasteiger charge is -2.39. The van der Waals surface area contributed by atoms with Gasteiger partial charge in [-0.15, -0.1) is 6.58 Å². The van der Waals surface area contributed by atoms with Gasteiger partial charge in [0.2, 0.25) is 0 Å². The Morgan fingerprint density at radius 3 is 2.48 bits per heavy atom. The Bertz CT molecular complexity index is 358. The Labute approximate surface area is 137 Å². The van der Waals surface area contributed by atoms with Gasteiger partial charge in [-0.25, -0.2) is 0 Å². The molecule has 0 saturated carbocycles. The van der Waals surface area contributed by atoms with E-state index in [2.05, 4.69) is 6.58 Å². The van der Waals surface area contributed by atoms with Crippen LogP contribution in [0.4, 0.5) is 0 Å². The Hall–Kier alpha value is -0.540. The second-order valence-electron chi connectivity index (χ2n) is 6.59. The van der Waals surface area contributed by atoms with Crippen LogP contribution >= 0.6 is 0 Å². The fourth-order valence-electron chi connectivity index (χ4n) is 2.46. The van der Waals surface area contributed by atoms with Crippen LogP contribution in [0.2, 0.25) is 0 Å². The quantitative estimate of drug-likeness (QED) is 0.362. The highest BCUT2D eigenvalue weighted by Crippen LogP contribution is 2.23. The average molecular weight is 334 g/mol. The van der Waals surface area contributed by atoms with E-state index in [1.165, 1.54) is 6.08 Å². The summed E-state index contributed by atoms with van der Waals surface area (Å²) in [5.74, 6) is 0.156. The summed E-state index contributed by atoms with van der Waals surface area (Å²) in [4.78, 5) is 0. The molecule has 23 heavy (non-hydrogen) atoms. The Kier molecular flexibility index (Phi) is 8.09. The summed E-state index contributed by atoms with van der Waals surface area (Å²) >= 11 is 0. The molecular formula is C16H30O7. The summed E-state index contributed by atoms with van der Waals surface area (Å²) in [7, 11) is 0. The highest BCUT2D eigenvalue weighted by Gasteiger charge is 2.44. The molecule has 136 valence electrons. The van der Waals surface area contributed by atoms with Gasteiger partial charge < -0.3 is 35.0 Å². The van der Waals surface area contributed by atoms with E-state index in [-0.39, 0.29) is 5.92 Å². The van der Waals surface area contributed by atoms with Gasteiger partial charge >= 0.3 is 0 Å². The van der Waals surface area contributed by atoms with Crippen molar-refractivity contribution < 1.29 is 35.0 Å². The summed E-state index contributed by atoms with van der Waals surface area (Å²) in [6.07, 6.45) is -2.53. The van der Waals surface area contributed by atoms with E-state index < -0.39 is 42.9 Å². The number of ether oxygens (including phenoxy) is 2. The highest BCUT2D eigenvalue weighted by atomic mass is 16.7. The van der Waals surface area contributed by atoms with E-state index in [1.54, 1.807) is 6.92 Å². The van der Waals surface area contributed by atoms with Crippen molar-refractivity contribution in [1.82, 2.24) is 0 Å². The van der Waals surface area contributed by atoms with Crippen molar-refractivity contribution in [3.8, 4) is 0 Å². The fourth-order valence-corrected chi connectivity index (χ4v) is 2.46. The third-order valence-corrected chi connectivity index (χ3v) is 4.21. The smallest absolute Gasteiger partial charge is 0.186 e. The first-order valence-electron chi connectivity index (χ1n) is 8.00. The summed E-state index contributed by atoms with van der Waals surface area (Å²) in [5, 5.41) is 48.2. The second-order valence-corrected chi connectivity index (χ2v) is 6.59. The monoisotopic (exact) mass is 334 g/mol. The topological polar surface area (TPSA) is 120 Å². The molecule has 0 aromatic heterocycles. The van der Waals surface area contributed by atoms with Crippen LogP contribution in [0.25, 0.3) is 0 Å². The molecule has 0 unspecified atom stereocenters. The van der Waals surface area contributed by atoms with E-state index in [9.17, 15) is 20.4 Å². The third kappa shape index (κ3) is 6.11. The first kappa shape index (κ1) is 20.5. The molecule has 1 aliphatic rings. The average Bonchev–Trinajstić information content (AvgIpc) is 2.52. The molecule has 0 spiro atoms. The molecule has 7 heteroatoms. The second kappa shape index (κ2) is 9.08. The lowest BCUT2D eigenvalue weighted by atomic mass is 9.96. The minimum atomic E-state index is -1.43. The third-order valence-electron chi connectivity index (χ3n) is 4.21. The first-order chi connectivity index (χ1) is 10.7. The van der Waals surface area contributed by atoms with Gasteiger partial charge in [0.05, 0.1) is 18.8 Å². The standard InChI is InChI=1S/C16H30O7/c1-4-16(3,21)7-5-6-10(2)9-22-15-14(20)13(19)12(18)11(8-17)23-15/h4,10-15,17-21H,1,5-9H2,2-3H3/t10-,11-,12-,13+,14-,15-,16+/m1/s1. The van der Waals surface area contributed by atoms with Crippen molar-refractivity contribution in [3.63, 3.8) is 0 Å². The molecule has 1 fully saturated rings. The summed E-state index contributed by atoms with van der Waals surface area (Å²) in [5.41, 5.74) is -0.877. The number of hydrogen-bond acceptors (Lipinski definition) is 7. The zero-order chi connectivity index (χ0) is 17.6. The molecule has 1 saturated heterocycles. The molecule has 5 N–H and O–H groups in total. The maximum absolute atomic E-state index is 9.86. The Balaban J connectivity index is 2.37. The van der Waals surface area contributed by atoms with Gasteiger partial charge in [0.15, 0.2) is 6.29 Å². The fraction of sp³-hybridized carbons (Fsp3) is 0.875. The van der Waals surface area contributed by atoms with Gasteiger partial charge in [-0.05, 0) is 32.1 Å². The van der Waals surface area contributed by atoms with Crippen molar-refractivity contribution in [3.05, 3.63) is 12.7 Å². The lowest BCUT2D eigenvalue weighted by Crippen LogP contribution is -2.59. The minimum Gasteiger partial charge on any atom is -0.394 e. The molecule has 0 aromatic rings. The number of aliphatic hydroxyl groups excluding tert-OH is 4. The van der Waals surface area contributed by atoms with Crippen molar-refractivity contribution in [1.29, 1.82) is 0 Å². The molecule has 0 radical (unpaired) electrons. The first-order valence-corrected chi connectivity index (χ1v) is 8.00. The summed E-state index contributed by atoms with van der Waals surface area (Å²) < 4.78 is 10.8. The van der Waals surface area contributed by atoms with Crippen LogP contribution in [0.1, 0.15) is 33.1 Å². The molecule has 0 aliphatic carbocycles. The van der Waals surface area contributed by atoms with Gasteiger partial charge in [-0.3, -0.25) is 0 Å². The van der Waals surface area contributed by atoms with Crippen LogP contribution in [-0.4, -0.2) is 75.1 Å². The number of aliphatic hydroxyl groups is 5. The van der Waals surface area contributed by atoms with E-state index in [0.717, 1.165) is 12.8 Å². The lowest BCUT2D eigenvalue weighted by molar-refractivity contribution is -0.303. The zero-order valence-corrected chi connectivity index (χ0v) is 13.8. The van der Waals surface area contributed by atoms with E-state index >= 15 is 0 Å². The largest absolute Gasteiger partial charge is 0.394 e. The maximum atomic E-state index is 9.86. The Morgan fingerprint density at radius 2 is 1.91 bits per heavy atom. The van der Waals surface area contributed by atoms with Gasteiger partial charge in [-0.1, -0.05) is 13.0 Å². The SMILES string of the molecule is C=C[C@](C)(O)CCC[C@@H](C)CO[C@@H]1O[C@H](CO)[C@@H](O)[C@H](O)[C@H]1O. The Morgan fingerprint density at radius 1 is 1.26 bits per heavy atom. The summed E-state index contributed by atoms with van der Waals surface area (Å²) in [6.45, 7) is 7.06. The van der Waals surface area contributed by atoms with Crippen LogP contribution in [0.5, 0.6) is 0 Å². The van der Waals surface area contributed by atoms with Crippen LogP contribution in [0, 0.1) is 5.92 Å². The summed E-state index contributed by atoms with van der Waals surface area (Å²) in [6, 6.07) is 0. The predicted octanol–water partition coefficient (Wildman–Crippen LogP) is -0.454. The molecule has 1 heterocycles. The number of hydrogen-bond donors (Lipinski definition) is 5. The molecule has 1 rings (SSSR count). The maximum Gasteiger partial charge on any atom is 0.186 e. The predicted molar refractivity (Wildman–Crippen MR) is 83.6 cm³/mol. The van der Waals surface area contributed by atoms with Gasteiger partial charge in [0.25, 0.3) is 0 Å². The van der Waals surface area contributed by atoms with E-state index in [1.807, 2.05) is 6.92 Å². The molecule has 1 aliphatic heterocycles. The molecule has 7 nitrogen and oxygen atoms in total. The van der Waals surface area contributed by atoms with Crippen LogP contribution in [0.15, 0.2) is 12.7 Å². The molecule has 0 amide bonds. The molecular weight excluding hydrogens is 304 g/mol. The van der Waals surface area contributed by atoms with Crippen molar-refractivity contribution >= 4 is 0 Å². The van der Waals surface area contributed by atoms with Gasteiger partial charge in [-0.2, -0.15) is 0 Å². The normalized spacial score (nSPS) is 35.5. The van der Waals surface area contributed by atoms with Crippen LogP contribution in [0.3, 0.4) is 0 Å². The van der Waals surface area contributed by atoms with Gasteiger partial charge in [0.1, 0.15) is 24.4 Å². The molecule has 0 aromatic carbocycles. The number of rotatable bonds is 9. The highest BCUT2D eigenvalue weighted by molar-refractivity contribution is 4.91. The van der Waals surface area contributed by atoms with Gasteiger partial charge in [0, 0.05) is 0 Å². The van der Waals surface area contributed by atoms with Crippen molar-refractivity contribution in [2.45, 2.75) is 69.4 Å².